The van der Waals surface area contributed by atoms with Gasteiger partial charge in [0, 0.05) is 29.6 Å². The highest BCUT2D eigenvalue weighted by molar-refractivity contribution is 5.80. The monoisotopic (exact) mass is 361 g/mol. The molecule has 27 heavy (non-hydrogen) atoms. The van der Waals surface area contributed by atoms with E-state index in [4.69, 9.17) is 4.74 Å². The number of amides is 1. The van der Waals surface area contributed by atoms with Crippen molar-refractivity contribution in [1.82, 2.24) is 15.6 Å². The fourth-order valence-corrected chi connectivity index (χ4v) is 3.44. The number of benzene rings is 2. The number of aromatic nitrogens is 1. The molecule has 2 N–H and O–H groups in total. The van der Waals surface area contributed by atoms with E-state index in [1.54, 1.807) is 0 Å². The van der Waals surface area contributed by atoms with Gasteiger partial charge in [0.25, 0.3) is 0 Å². The summed E-state index contributed by atoms with van der Waals surface area (Å²) in [5.74, 6) is 0.858. The normalized spacial score (nSPS) is 15.8. The Morgan fingerprint density at radius 3 is 3.00 bits per heavy atom. The van der Waals surface area contributed by atoms with E-state index in [2.05, 4.69) is 27.8 Å². The molecule has 1 atom stereocenters. The highest BCUT2D eigenvalue weighted by Gasteiger charge is 2.22. The minimum Gasteiger partial charge on any atom is -0.493 e. The molecule has 0 saturated heterocycles. The Morgan fingerprint density at radius 1 is 1.19 bits per heavy atom. The van der Waals surface area contributed by atoms with E-state index in [0.29, 0.717) is 13.2 Å². The lowest BCUT2D eigenvalue weighted by atomic mass is 10.0. The topological polar surface area (TPSA) is 63.2 Å². The largest absolute Gasteiger partial charge is 0.493 e. The minimum atomic E-state index is -0.00483. The van der Waals surface area contributed by atoms with Crippen LogP contribution in [-0.4, -0.2) is 24.0 Å². The first-order valence-corrected chi connectivity index (χ1v) is 9.27. The number of hydrogen-bond acceptors (Lipinski definition) is 4. The first kappa shape index (κ1) is 17.5. The maximum atomic E-state index is 12.3. The number of para-hydroxylation sites is 1. The molecule has 0 aliphatic carbocycles. The summed E-state index contributed by atoms with van der Waals surface area (Å²) in [5, 5.41) is 7.45. The second-order valence-electron chi connectivity index (χ2n) is 6.88. The fourth-order valence-electron chi connectivity index (χ4n) is 3.44. The summed E-state index contributed by atoms with van der Waals surface area (Å²) in [4.78, 5) is 16.9. The molecular weight excluding hydrogens is 338 g/mol. The van der Waals surface area contributed by atoms with E-state index in [1.165, 1.54) is 0 Å². The summed E-state index contributed by atoms with van der Waals surface area (Å²) >= 11 is 0. The van der Waals surface area contributed by atoms with Crippen molar-refractivity contribution in [2.24, 2.45) is 0 Å². The molecule has 5 nitrogen and oxygen atoms in total. The highest BCUT2D eigenvalue weighted by atomic mass is 16.5. The molecule has 138 valence electrons. The number of ether oxygens (including phenoxy) is 1. The van der Waals surface area contributed by atoms with Crippen LogP contribution < -0.4 is 15.4 Å². The SMILES string of the molecule is Cc1ccc2cc(CNCC(=O)NC3CCOc4ccccc43)ccc2n1. The van der Waals surface area contributed by atoms with Crippen molar-refractivity contribution >= 4 is 16.8 Å². The van der Waals surface area contributed by atoms with Crippen molar-refractivity contribution in [1.29, 1.82) is 0 Å². The summed E-state index contributed by atoms with van der Waals surface area (Å²) in [7, 11) is 0. The fraction of sp³-hybridized carbons (Fsp3) is 0.273. The van der Waals surface area contributed by atoms with Gasteiger partial charge in [0.2, 0.25) is 5.91 Å². The summed E-state index contributed by atoms with van der Waals surface area (Å²) in [6, 6.07) is 18.2. The first-order valence-electron chi connectivity index (χ1n) is 9.27. The van der Waals surface area contributed by atoms with Gasteiger partial charge >= 0.3 is 0 Å². The molecule has 0 saturated carbocycles. The number of aryl methyl sites for hydroxylation is 1. The van der Waals surface area contributed by atoms with E-state index in [0.717, 1.165) is 39.9 Å². The lowest BCUT2D eigenvalue weighted by Crippen LogP contribution is -2.37. The first-order chi connectivity index (χ1) is 13.2. The van der Waals surface area contributed by atoms with Crippen LogP contribution in [0.5, 0.6) is 5.75 Å². The Kier molecular flexibility index (Phi) is 5.03. The number of pyridine rings is 1. The van der Waals surface area contributed by atoms with Crippen LogP contribution in [0.15, 0.2) is 54.6 Å². The average Bonchev–Trinajstić information content (AvgIpc) is 2.68. The van der Waals surface area contributed by atoms with Gasteiger partial charge in [-0.3, -0.25) is 9.78 Å². The number of carbonyl (C=O) groups excluding carboxylic acids is 1. The number of nitrogens with one attached hydrogen (secondary N) is 2. The van der Waals surface area contributed by atoms with Crippen LogP contribution in [0.2, 0.25) is 0 Å². The zero-order valence-corrected chi connectivity index (χ0v) is 15.4. The van der Waals surface area contributed by atoms with Crippen molar-refractivity contribution in [2.45, 2.75) is 25.9 Å². The second kappa shape index (κ2) is 7.76. The Bertz CT molecular complexity index is 971. The van der Waals surface area contributed by atoms with Crippen LogP contribution in [0.1, 0.15) is 29.3 Å². The molecule has 1 aliphatic heterocycles. The maximum Gasteiger partial charge on any atom is 0.234 e. The Labute approximate surface area is 158 Å². The minimum absolute atomic E-state index is 0.00483. The van der Waals surface area contributed by atoms with E-state index < -0.39 is 0 Å². The molecule has 5 heteroatoms. The number of fused-ring (bicyclic) bond motifs is 2. The van der Waals surface area contributed by atoms with Gasteiger partial charge in [-0.2, -0.15) is 0 Å². The molecular formula is C22H23N3O2. The van der Waals surface area contributed by atoms with Gasteiger partial charge in [0.15, 0.2) is 0 Å². The van der Waals surface area contributed by atoms with Gasteiger partial charge < -0.3 is 15.4 Å². The standard InChI is InChI=1S/C22H23N3O2/c1-15-6-8-17-12-16(7-9-19(17)24-15)13-23-14-22(26)25-20-10-11-27-21-5-3-2-4-18(20)21/h2-9,12,20,23H,10-11,13-14H2,1H3,(H,25,26). The molecule has 0 fully saturated rings. The Balaban J connectivity index is 1.32. The smallest absolute Gasteiger partial charge is 0.234 e. The Morgan fingerprint density at radius 2 is 2.07 bits per heavy atom. The summed E-state index contributed by atoms with van der Waals surface area (Å²) in [5.41, 5.74) is 4.20. The van der Waals surface area contributed by atoms with Crippen LogP contribution in [0.25, 0.3) is 10.9 Å². The van der Waals surface area contributed by atoms with Gasteiger partial charge in [-0.25, -0.2) is 0 Å². The zero-order chi connectivity index (χ0) is 18.6. The average molecular weight is 361 g/mol. The van der Waals surface area contributed by atoms with Crippen molar-refractivity contribution < 1.29 is 9.53 Å². The molecule has 1 aliphatic rings. The lowest BCUT2D eigenvalue weighted by Gasteiger charge is -2.26. The van der Waals surface area contributed by atoms with E-state index >= 15 is 0 Å². The highest BCUT2D eigenvalue weighted by Crippen LogP contribution is 2.31. The second-order valence-corrected chi connectivity index (χ2v) is 6.88. The van der Waals surface area contributed by atoms with E-state index in [1.807, 2.05) is 49.4 Å². The quantitative estimate of drug-likeness (QED) is 0.732. The number of rotatable bonds is 5. The van der Waals surface area contributed by atoms with Crippen LogP contribution in [0, 0.1) is 6.92 Å². The van der Waals surface area contributed by atoms with E-state index in [-0.39, 0.29) is 18.5 Å². The van der Waals surface area contributed by atoms with Gasteiger partial charge in [-0.05, 0) is 36.8 Å². The van der Waals surface area contributed by atoms with Crippen molar-refractivity contribution in [3.8, 4) is 5.75 Å². The lowest BCUT2D eigenvalue weighted by molar-refractivity contribution is -0.121. The summed E-state index contributed by atoms with van der Waals surface area (Å²) < 4.78 is 5.64. The summed E-state index contributed by atoms with van der Waals surface area (Å²) in [6.07, 6.45) is 0.792. The van der Waals surface area contributed by atoms with Crippen LogP contribution >= 0.6 is 0 Å². The third kappa shape index (κ3) is 4.09. The molecule has 3 aromatic rings. The van der Waals surface area contributed by atoms with Crippen molar-refractivity contribution in [3.05, 3.63) is 71.4 Å². The molecule has 1 aromatic heterocycles. The molecule has 0 bridgehead atoms. The number of nitrogens with zero attached hydrogens (tertiary/aromatic N) is 1. The third-order valence-electron chi connectivity index (χ3n) is 4.80. The third-order valence-corrected chi connectivity index (χ3v) is 4.80. The Hall–Kier alpha value is -2.92. The summed E-state index contributed by atoms with van der Waals surface area (Å²) in [6.45, 7) is 3.54. The molecule has 4 rings (SSSR count). The van der Waals surface area contributed by atoms with Crippen molar-refractivity contribution in [2.75, 3.05) is 13.2 Å². The molecule has 0 radical (unpaired) electrons. The van der Waals surface area contributed by atoms with Crippen LogP contribution in [0.3, 0.4) is 0 Å². The maximum absolute atomic E-state index is 12.3. The predicted molar refractivity (Wildman–Crippen MR) is 106 cm³/mol. The van der Waals surface area contributed by atoms with Crippen LogP contribution in [-0.2, 0) is 11.3 Å². The van der Waals surface area contributed by atoms with E-state index in [9.17, 15) is 4.79 Å². The molecule has 2 heterocycles. The predicted octanol–water partition coefficient (Wildman–Crippen LogP) is 3.27. The number of hydrogen-bond donors (Lipinski definition) is 2. The molecule has 1 amide bonds. The van der Waals surface area contributed by atoms with Gasteiger partial charge in [0.1, 0.15) is 5.75 Å². The molecule has 0 spiro atoms. The molecule has 1 unspecified atom stereocenters. The van der Waals surface area contributed by atoms with Crippen LogP contribution in [0.4, 0.5) is 0 Å². The van der Waals surface area contributed by atoms with Gasteiger partial charge in [-0.15, -0.1) is 0 Å². The number of carbonyl (C=O) groups is 1. The van der Waals surface area contributed by atoms with Gasteiger partial charge in [-0.1, -0.05) is 30.3 Å². The van der Waals surface area contributed by atoms with Gasteiger partial charge in [0.05, 0.1) is 24.7 Å². The molecule has 2 aromatic carbocycles. The zero-order valence-electron chi connectivity index (χ0n) is 15.4. The van der Waals surface area contributed by atoms with Crippen molar-refractivity contribution in [3.63, 3.8) is 0 Å².